The van der Waals surface area contributed by atoms with Gasteiger partial charge in [-0.2, -0.15) is 0 Å². The van der Waals surface area contributed by atoms with Crippen molar-refractivity contribution in [2.75, 3.05) is 6.61 Å². The molecule has 0 bridgehead atoms. The highest BCUT2D eigenvalue weighted by Crippen LogP contribution is 2.31. The van der Waals surface area contributed by atoms with Crippen molar-refractivity contribution in [3.63, 3.8) is 0 Å². The molecule has 0 aromatic carbocycles. The summed E-state index contributed by atoms with van der Waals surface area (Å²) in [4.78, 5) is 17.6. The molecule has 146 valence electrons. The van der Waals surface area contributed by atoms with E-state index >= 15 is 0 Å². The van der Waals surface area contributed by atoms with Gasteiger partial charge in [0.1, 0.15) is 5.69 Å². The molecule has 0 spiro atoms. The van der Waals surface area contributed by atoms with Crippen LogP contribution in [-0.2, 0) is 0 Å². The topological polar surface area (TPSA) is 63.8 Å². The lowest BCUT2D eigenvalue weighted by Crippen LogP contribution is -2.18. The molecular formula is C22H30N2O3. The number of aryl methyl sites for hydroxylation is 1. The lowest BCUT2D eigenvalue weighted by molar-refractivity contribution is 0.0862. The highest BCUT2D eigenvalue weighted by molar-refractivity contribution is 5.97. The van der Waals surface area contributed by atoms with Crippen molar-refractivity contribution < 1.29 is 14.6 Å². The summed E-state index contributed by atoms with van der Waals surface area (Å²) in [5, 5.41) is 10.1. The van der Waals surface area contributed by atoms with Crippen LogP contribution in [0.3, 0.4) is 0 Å². The molecule has 5 nitrogen and oxygen atoms in total. The molecule has 2 fully saturated rings. The van der Waals surface area contributed by atoms with E-state index in [1.54, 1.807) is 0 Å². The number of fused-ring (bicyclic) bond motifs is 1. The Bertz CT molecular complexity index is 807. The number of aromatic nitrogens is 2. The van der Waals surface area contributed by atoms with Crippen LogP contribution in [0.2, 0.25) is 0 Å². The average Bonchev–Trinajstić information content (AvgIpc) is 3.23. The average molecular weight is 370 g/mol. The maximum Gasteiger partial charge on any atom is 0.181 e. The summed E-state index contributed by atoms with van der Waals surface area (Å²) in [5.74, 6) is 1.52. The first-order valence-electron chi connectivity index (χ1n) is 10.4. The molecule has 2 aromatic heterocycles. The van der Waals surface area contributed by atoms with E-state index in [-0.39, 0.29) is 17.8 Å². The Morgan fingerprint density at radius 1 is 1.22 bits per heavy atom. The second kappa shape index (κ2) is 8.01. The second-order valence-corrected chi connectivity index (χ2v) is 8.31. The lowest BCUT2D eigenvalue weighted by atomic mass is 9.90. The summed E-state index contributed by atoms with van der Waals surface area (Å²) in [5.41, 5.74) is 2.09. The second-order valence-electron chi connectivity index (χ2n) is 8.31. The molecule has 2 heterocycles. The van der Waals surface area contributed by atoms with Crippen LogP contribution in [0, 0.1) is 18.8 Å². The number of rotatable bonds is 6. The van der Waals surface area contributed by atoms with E-state index < -0.39 is 0 Å². The molecule has 0 saturated heterocycles. The third-order valence-electron chi connectivity index (χ3n) is 6.32. The number of pyridine rings is 1. The highest BCUT2D eigenvalue weighted by atomic mass is 16.5. The van der Waals surface area contributed by atoms with Gasteiger partial charge in [-0.15, -0.1) is 0 Å². The number of ketones is 1. The summed E-state index contributed by atoms with van der Waals surface area (Å²) >= 11 is 0. The van der Waals surface area contributed by atoms with Crippen molar-refractivity contribution in [2.45, 2.75) is 70.8 Å². The van der Waals surface area contributed by atoms with E-state index in [4.69, 9.17) is 4.74 Å². The molecule has 2 aliphatic rings. The van der Waals surface area contributed by atoms with Crippen molar-refractivity contribution >= 4 is 11.4 Å². The zero-order valence-corrected chi connectivity index (χ0v) is 16.2. The zero-order valence-electron chi connectivity index (χ0n) is 16.2. The Morgan fingerprint density at radius 3 is 2.78 bits per heavy atom. The van der Waals surface area contributed by atoms with Crippen LogP contribution in [0.4, 0.5) is 0 Å². The van der Waals surface area contributed by atoms with Gasteiger partial charge >= 0.3 is 0 Å². The summed E-state index contributed by atoms with van der Waals surface area (Å²) in [6.07, 6.45) is 11.1. The maximum absolute atomic E-state index is 12.9. The Morgan fingerprint density at radius 2 is 2.04 bits per heavy atom. The molecular weight excluding hydrogens is 340 g/mol. The molecule has 4 rings (SSSR count). The van der Waals surface area contributed by atoms with Crippen LogP contribution in [-0.4, -0.2) is 33.0 Å². The number of hydrogen-bond acceptors (Lipinski definition) is 4. The van der Waals surface area contributed by atoms with Crippen LogP contribution in [0.1, 0.15) is 74.0 Å². The first-order valence-corrected chi connectivity index (χ1v) is 10.4. The van der Waals surface area contributed by atoms with Gasteiger partial charge in [0.05, 0.1) is 18.4 Å². The fraction of sp³-hybridized carbons (Fsp3) is 0.636. The van der Waals surface area contributed by atoms with Gasteiger partial charge in [-0.25, -0.2) is 4.98 Å². The Kier molecular flexibility index (Phi) is 5.48. The Balaban J connectivity index is 1.53. The summed E-state index contributed by atoms with van der Waals surface area (Å²) in [7, 11) is 0. The first kappa shape index (κ1) is 18.5. The Hall–Kier alpha value is -1.88. The molecule has 2 aliphatic carbocycles. The van der Waals surface area contributed by atoms with E-state index in [9.17, 15) is 9.90 Å². The fourth-order valence-electron chi connectivity index (χ4n) is 4.76. The number of aliphatic hydroxyl groups excluding tert-OH is 1. The normalized spacial score (nSPS) is 23.8. The number of carbonyl (C=O) groups is 1. The number of nitrogens with zero attached hydrogens (tertiary/aromatic N) is 2. The van der Waals surface area contributed by atoms with Gasteiger partial charge in [0.15, 0.2) is 17.2 Å². The molecule has 2 saturated carbocycles. The first-order chi connectivity index (χ1) is 13.1. The van der Waals surface area contributed by atoms with Crippen molar-refractivity contribution in [2.24, 2.45) is 11.8 Å². The molecule has 0 radical (unpaired) electrons. The highest BCUT2D eigenvalue weighted by Gasteiger charge is 2.29. The summed E-state index contributed by atoms with van der Waals surface area (Å²) < 4.78 is 7.99. The van der Waals surface area contributed by atoms with Crippen LogP contribution in [0.15, 0.2) is 18.3 Å². The molecule has 2 aromatic rings. The van der Waals surface area contributed by atoms with Crippen LogP contribution >= 0.6 is 0 Å². The zero-order chi connectivity index (χ0) is 18.8. The molecule has 0 aliphatic heterocycles. The smallest absolute Gasteiger partial charge is 0.181 e. The van der Waals surface area contributed by atoms with Crippen molar-refractivity contribution in [3.8, 4) is 5.75 Å². The molecule has 27 heavy (non-hydrogen) atoms. The van der Waals surface area contributed by atoms with Crippen molar-refractivity contribution in [1.29, 1.82) is 0 Å². The van der Waals surface area contributed by atoms with E-state index in [1.165, 1.54) is 32.1 Å². The third kappa shape index (κ3) is 3.88. The minimum absolute atomic E-state index is 0.0652. The minimum atomic E-state index is -0.345. The maximum atomic E-state index is 12.9. The van der Waals surface area contributed by atoms with Gasteiger partial charge in [-0.05, 0) is 56.6 Å². The number of imidazole rings is 1. The molecule has 1 unspecified atom stereocenters. The van der Waals surface area contributed by atoms with E-state index in [0.29, 0.717) is 18.0 Å². The number of ether oxygens (including phenoxy) is 1. The minimum Gasteiger partial charge on any atom is -0.489 e. The van der Waals surface area contributed by atoms with E-state index in [2.05, 4.69) is 4.98 Å². The quantitative estimate of drug-likeness (QED) is 0.769. The van der Waals surface area contributed by atoms with Crippen LogP contribution in [0.5, 0.6) is 5.75 Å². The molecule has 2 atom stereocenters. The summed E-state index contributed by atoms with van der Waals surface area (Å²) in [6.45, 7) is 2.61. The number of Topliss-reactive ketones (excluding diaryl/α,β-unsaturated/α-hetero) is 1. The number of carbonyl (C=O) groups excluding carboxylic acids is 1. The number of aliphatic hydroxyl groups is 1. The van der Waals surface area contributed by atoms with Gasteiger partial charge in [0.2, 0.25) is 0 Å². The van der Waals surface area contributed by atoms with Gasteiger partial charge in [0, 0.05) is 12.6 Å². The SMILES string of the molecule is Cc1nc2c(OCC3CCCCC3)cccn2c1C(=O)CC1CCC[C@@H]1O. The van der Waals surface area contributed by atoms with Gasteiger partial charge in [0.25, 0.3) is 0 Å². The van der Waals surface area contributed by atoms with Crippen LogP contribution < -0.4 is 4.74 Å². The predicted octanol–water partition coefficient (Wildman–Crippen LogP) is 4.34. The van der Waals surface area contributed by atoms with Gasteiger partial charge < -0.3 is 9.84 Å². The van der Waals surface area contributed by atoms with Crippen molar-refractivity contribution in [1.82, 2.24) is 9.38 Å². The molecule has 1 N–H and O–H groups in total. The van der Waals surface area contributed by atoms with E-state index in [1.807, 2.05) is 29.7 Å². The van der Waals surface area contributed by atoms with Gasteiger partial charge in [-0.1, -0.05) is 25.7 Å². The molecule has 5 heteroatoms. The Labute approximate surface area is 160 Å². The monoisotopic (exact) mass is 370 g/mol. The standard InChI is InChI=1S/C22H30N2O3/c1-15-21(19(26)13-17-9-5-10-18(17)25)24-12-6-11-20(22(24)23-15)27-14-16-7-3-2-4-8-16/h6,11-12,16-18,25H,2-5,7-10,13-14H2,1H3/t17?,18-/m0/s1. The predicted molar refractivity (Wildman–Crippen MR) is 104 cm³/mol. The van der Waals surface area contributed by atoms with Gasteiger partial charge in [-0.3, -0.25) is 9.20 Å². The lowest BCUT2D eigenvalue weighted by Gasteiger charge is -2.21. The third-order valence-corrected chi connectivity index (χ3v) is 6.32. The van der Waals surface area contributed by atoms with Crippen molar-refractivity contribution in [3.05, 3.63) is 29.7 Å². The number of hydrogen-bond donors (Lipinski definition) is 1. The fourth-order valence-corrected chi connectivity index (χ4v) is 4.76. The largest absolute Gasteiger partial charge is 0.489 e. The van der Waals surface area contributed by atoms with Crippen LogP contribution in [0.25, 0.3) is 5.65 Å². The van der Waals surface area contributed by atoms with E-state index in [0.717, 1.165) is 43.0 Å². The molecule has 0 amide bonds. The summed E-state index contributed by atoms with van der Waals surface area (Å²) in [6, 6.07) is 3.87.